The molecule has 220 valence electrons. The van der Waals surface area contributed by atoms with Crippen molar-refractivity contribution in [1.29, 1.82) is 0 Å². The molecular weight excluding hydrogens is 591 g/mol. The summed E-state index contributed by atoms with van der Waals surface area (Å²) in [5.41, 5.74) is 7.56. The fraction of sp³-hybridized carbons (Fsp3) is 0. The molecule has 0 spiro atoms. The topological polar surface area (TPSA) is 16.4 Å². The first-order chi connectivity index (χ1) is 23.3. The second-order valence-electron chi connectivity index (χ2n) is 12.1. The summed E-state index contributed by atoms with van der Waals surface area (Å²) in [5.74, 6) is 0. The summed E-state index contributed by atoms with van der Waals surface area (Å²) < 4.78 is 9.26. The Balaban J connectivity index is 1.20. The summed E-state index contributed by atoms with van der Waals surface area (Å²) in [7, 11) is 0. The number of furan rings is 1. The lowest BCUT2D eigenvalue weighted by molar-refractivity contribution is 0.672. The highest BCUT2D eigenvalue weighted by Crippen LogP contribution is 2.46. The molecule has 0 aliphatic heterocycles. The number of nitrogens with zero attached hydrogens (tertiary/aromatic N) is 1. The van der Waals surface area contributed by atoms with Gasteiger partial charge in [-0.1, -0.05) is 109 Å². The highest BCUT2D eigenvalue weighted by Gasteiger charge is 2.21. The monoisotopic (exact) mass is 617 g/mol. The van der Waals surface area contributed by atoms with Crippen LogP contribution >= 0.6 is 11.3 Å². The van der Waals surface area contributed by atoms with Gasteiger partial charge in [0.1, 0.15) is 11.2 Å². The van der Waals surface area contributed by atoms with Crippen LogP contribution in [0.5, 0.6) is 0 Å². The zero-order chi connectivity index (χ0) is 30.9. The van der Waals surface area contributed by atoms with E-state index < -0.39 is 0 Å². The molecule has 2 aromatic heterocycles. The van der Waals surface area contributed by atoms with E-state index in [0.29, 0.717) is 0 Å². The molecule has 0 amide bonds. The maximum atomic E-state index is 6.62. The molecule has 0 fully saturated rings. The number of benzene rings is 8. The van der Waals surface area contributed by atoms with Crippen molar-refractivity contribution in [1.82, 2.24) is 0 Å². The third-order valence-corrected chi connectivity index (χ3v) is 10.6. The first-order valence-electron chi connectivity index (χ1n) is 15.9. The number of hydrogen-bond acceptors (Lipinski definition) is 3. The second-order valence-corrected chi connectivity index (χ2v) is 13.2. The minimum absolute atomic E-state index is 0.882. The van der Waals surface area contributed by atoms with Crippen LogP contribution in [0.2, 0.25) is 0 Å². The molecule has 0 aliphatic rings. The summed E-state index contributed by atoms with van der Waals surface area (Å²) in [6, 6.07) is 59.0. The van der Waals surface area contributed by atoms with Gasteiger partial charge in [-0.05, 0) is 81.9 Å². The van der Waals surface area contributed by atoms with Crippen molar-refractivity contribution in [2.45, 2.75) is 0 Å². The van der Waals surface area contributed by atoms with E-state index in [9.17, 15) is 0 Å². The third kappa shape index (κ3) is 4.10. The minimum Gasteiger partial charge on any atom is -0.455 e. The van der Waals surface area contributed by atoms with Crippen LogP contribution in [0.1, 0.15) is 0 Å². The van der Waals surface area contributed by atoms with Gasteiger partial charge in [0.2, 0.25) is 0 Å². The fourth-order valence-electron chi connectivity index (χ4n) is 7.27. The van der Waals surface area contributed by atoms with Gasteiger partial charge >= 0.3 is 0 Å². The van der Waals surface area contributed by atoms with Gasteiger partial charge < -0.3 is 9.32 Å². The molecule has 0 unspecified atom stereocenters. The first-order valence-corrected chi connectivity index (χ1v) is 16.7. The zero-order valence-corrected chi connectivity index (χ0v) is 26.2. The molecule has 0 aliphatic carbocycles. The van der Waals surface area contributed by atoms with Crippen molar-refractivity contribution in [2.75, 3.05) is 4.90 Å². The Morgan fingerprint density at radius 3 is 2.04 bits per heavy atom. The van der Waals surface area contributed by atoms with E-state index in [1.807, 2.05) is 11.3 Å². The quantitative estimate of drug-likeness (QED) is 0.195. The van der Waals surface area contributed by atoms with Crippen molar-refractivity contribution in [3.8, 4) is 11.1 Å². The molecule has 0 atom stereocenters. The van der Waals surface area contributed by atoms with Gasteiger partial charge in [-0.3, -0.25) is 0 Å². The zero-order valence-electron chi connectivity index (χ0n) is 25.4. The van der Waals surface area contributed by atoms with E-state index in [1.165, 1.54) is 47.5 Å². The van der Waals surface area contributed by atoms with E-state index in [-0.39, 0.29) is 0 Å². The number of anilines is 3. The Hall–Kier alpha value is -5.90. The van der Waals surface area contributed by atoms with Gasteiger partial charge in [0.05, 0.1) is 11.1 Å². The van der Waals surface area contributed by atoms with Gasteiger partial charge in [-0.2, -0.15) is 0 Å². The molecule has 2 heterocycles. The standard InChI is InChI=1S/C44H27NOS/c1-2-11-31-27-33(25-19-28(31)9-1)45(38-15-8-16-39-43(38)37-26-22-29-10-3-4-12-35(29)44(37)46-39)32-23-20-30(21-24-32)34-14-7-18-41-42(34)36-13-5-6-17-40(36)47-41/h1-27H. The molecule has 0 bridgehead atoms. The fourth-order valence-corrected chi connectivity index (χ4v) is 8.40. The van der Waals surface area contributed by atoms with Crippen LogP contribution in [0.3, 0.4) is 0 Å². The van der Waals surface area contributed by atoms with Crippen molar-refractivity contribution >= 4 is 92.1 Å². The highest BCUT2D eigenvalue weighted by molar-refractivity contribution is 7.25. The van der Waals surface area contributed by atoms with Gasteiger partial charge in [0.25, 0.3) is 0 Å². The number of thiophene rings is 1. The van der Waals surface area contributed by atoms with Gasteiger partial charge in [0, 0.05) is 42.3 Å². The normalized spacial score (nSPS) is 11.8. The predicted octanol–water partition coefficient (Wildman–Crippen LogP) is 13.4. The Bertz CT molecular complexity index is 2810. The lowest BCUT2D eigenvalue weighted by Crippen LogP contribution is -2.10. The number of fused-ring (bicyclic) bond motifs is 9. The van der Waals surface area contributed by atoms with Crippen molar-refractivity contribution in [3.63, 3.8) is 0 Å². The van der Waals surface area contributed by atoms with Crippen LogP contribution in [0, 0.1) is 0 Å². The van der Waals surface area contributed by atoms with Gasteiger partial charge in [-0.15, -0.1) is 11.3 Å². The molecular formula is C44H27NOS. The van der Waals surface area contributed by atoms with E-state index in [0.717, 1.165) is 44.4 Å². The number of rotatable bonds is 4. The van der Waals surface area contributed by atoms with E-state index in [4.69, 9.17) is 4.42 Å². The molecule has 10 rings (SSSR count). The maximum Gasteiger partial charge on any atom is 0.143 e. The van der Waals surface area contributed by atoms with Crippen LogP contribution in [0.15, 0.2) is 168 Å². The molecule has 47 heavy (non-hydrogen) atoms. The molecule has 0 radical (unpaired) electrons. The van der Waals surface area contributed by atoms with E-state index in [1.54, 1.807) is 0 Å². The molecule has 8 aromatic carbocycles. The minimum atomic E-state index is 0.882. The second kappa shape index (κ2) is 10.3. The summed E-state index contributed by atoms with van der Waals surface area (Å²) in [6.45, 7) is 0. The van der Waals surface area contributed by atoms with Gasteiger partial charge in [-0.25, -0.2) is 0 Å². The Labute approximate surface area is 275 Å². The Kier molecular flexibility index (Phi) is 5.78. The highest BCUT2D eigenvalue weighted by atomic mass is 32.1. The molecule has 0 saturated heterocycles. The summed E-state index contributed by atoms with van der Waals surface area (Å²) >= 11 is 1.86. The lowest BCUT2D eigenvalue weighted by Gasteiger charge is -2.27. The van der Waals surface area contributed by atoms with Gasteiger partial charge in [0.15, 0.2) is 0 Å². The van der Waals surface area contributed by atoms with Crippen molar-refractivity contribution < 1.29 is 4.42 Å². The molecule has 3 heteroatoms. The molecule has 2 nitrogen and oxygen atoms in total. The SMILES string of the molecule is c1ccc2cc(N(c3ccc(-c4cccc5sc6ccccc6c45)cc3)c3cccc4oc5c6ccccc6ccc5c34)ccc2c1. The van der Waals surface area contributed by atoms with E-state index >= 15 is 0 Å². The predicted molar refractivity (Wildman–Crippen MR) is 202 cm³/mol. The molecule has 0 N–H and O–H groups in total. The Morgan fingerprint density at radius 2 is 1.15 bits per heavy atom. The smallest absolute Gasteiger partial charge is 0.143 e. The summed E-state index contributed by atoms with van der Waals surface area (Å²) in [5, 5.41) is 9.61. The maximum absolute atomic E-state index is 6.62. The third-order valence-electron chi connectivity index (χ3n) is 9.44. The summed E-state index contributed by atoms with van der Waals surface area (Å²) in [6.07, 6.45) is 0. The van der Waals surface area contributed by atoms with Crippen LogP contribution < -0.4 is 4.90 Å². The number of hydrogen-bond donors (Lipinski definition) is 0. The van der Waals surface area contributed by atoms with Crippen molar-refractivity contribution in [2.24, 2.45) is 0 Å². The summed E-state index contributed by atoms with van der Waals surface area (Å²) in [4.78, 5) is 2.38. The van der Waals surface area contributed by atoms with Crippen LogP contribution in [-0.4, -0.2) is 0 Å². The first kappa shape index (κ1) is 26.3. The van der Waals surface area contributed by atoms with E-state index in [2.05, 4.69) is 169 Å². The van der Waals surface area contributed by atoms with Crippen LogP contribution in [-0.2, 0) is 0 Å². The van der Waals surface area contributed by atoms with Crippen LogP contribution in [0.4, 0.5) is 17.1 Å². The lowest BCUT2D eigenvalue weighted by atomic mass is 9.99. The Morgan fingerprint density at radius 1 is 0.447 bits per heavy atom. The van der Waals surface area contributed by atoms with Crippen LogP contribution in [0.25, 0.3) is 74.8 Å². The molecule has 0 saturated carbocycles. The average molecular weight is 618 g/mol. The largest absolute Gasteiger partial charge is 0.455 e. The average Bonchev–Trinajstić information content (AvgIpc) is 3.71. The molecule has 10 aromatic rings. The van der Waals surface area contributed by atoms with Crippen molar-refractivity contribution in [3.05, 3.63) is 164 Å².